The number of carbonyl (C=O) groups is 1. The van der Waals surface area contributed by atoms with Crippen LogP contribution in [-0.2, 0) is 22.4 Å². The lowest BCUT2D eigenvalue weighted by Crippen LogP contribution is -2.33. The Hall–Kier alpha value is -2.33. The Morgan fingerprint density at radius 2 is 1.91 bits per heavy atom. The second kappa shape index (κ2) is 7.09. The summed E-state index contributed by atoms with van der Waals surface area (Å²) in [5.74, 6) is -0.128. The van der Waals surface area contributed by atoms with Crippen LogP contribution in [0.4, 0.5) is 0 Å². The second-order valence-electron chi connectivity index (χ2n) is 5.23. The van der Waals surface area contributed by atoms with Gasteiger partial charge in [-0.1, -0.05) is 37.3 Å². The highest BCUT2D eigenvalue weighted by molar-refractivity contribution is 5.76. The van der Waals surface area contributed by atoms with E-state index in [1.807, 2.05) is 30.3 Å². The van der Waals surface area contributed by atoms with Crippen LogP contribution in [0.25, 0.3) is 11.1 Å². The normalized spacial score (nSPS) is 12.0. The minimum absolute atomic E-state index is 0.279. The number of aryl methyl sites for hydroxylation is 1. The van der Waals surface area contributed by atoms with Gasteiger partial charge in [0, 0.05) is 0 Å². The number of rotatable bonds is 5. The molecule has 0 bridgehead atoms. The molecule has 0 aliphatic carbocycles. The molecule has 0 unspecified atom stereocenters. The van der Waals surface area contributed by atoms with Gasteiger partial charge in [0.1, 0.15) is 11.8 Å². The standard InChI is InChI=1S/C18H21NO3/c1-3-13-11-15(20)8-9-16(13)14-6-4-12(5-7-14)10-17(19)18(21)22-2/h4-9,11,17,20H,3,10,19H2,1-2H3/t17-/m0/s1. The number of nitrogens with two attached hydrogens (primary N) is 1. The molecule has 1 atom stereocenters. The molecule has 0 fully saturated rings. The van der Waals surface area contributed by atoms with Crippen molar-refractivity contribution >= 4 is 5.97 Å². The van der Waals surface area contributed by atoms with Crippen molar-refractivity contribution in [2.75, 3.05) is 7.11 Å². The van der Waals surface area contributed by atoms with Gasteiger partial charge in [0.2, 0.25) is 0 Å². The summed E-state index contributed by atoms with van der Waals surface area (Å²) in [4.78, 5) is 11.3. The van der Waals surface area contributed by atoms with Gasteiger partial charge in [-0.25, -0.2) is 0 Å². The summed E-state index contributed by atoms with van der Waals surface area (Å²) >= 11 is 0. The fraction of sp³-hybridized carbons (Fsp3) is 0.278. The van der Waals surface area contributed by atoms with Crippen LogP contribution in [0.1, 0.15) is 18.1 Å². The maximum atomic E-state index is 11.3. The summed E-state index contributed by atoms with van der Waals surface area (Å²) in [6, 6.07) is 12.7. The highest BCUT2D eigenvalue weighted by atomic mass is 16.5. The van der Waals surface area contributed by atoms with Crippen molar-refractivity contribution in [2.24, 2.45) is 5.73 Å². The van der Waals surface area contributed by atoms with Gasteiger partial charge >= 0.3 is 5.97 Å². The van der Waals surface area contributed by atoms with Gasteiger partial charge < -0.3 is 15.6 Å². The van der Waals surface area contributed by atoms with E-state index in [4.69, 9.17) is 5.73 Å². The largest absolute Gasteiger partial charge is 0.508 e. The summed E-state index contributed by atoms with van der Waals surface area (Å²) in [6.07, 6.45) is 1.29. The number of aromatic hydroxyl groups is 1. The quantitative estimate of drug-likeness (QED) is 0.833. The minimum Gasteiger partial charge on any atom is -0.508 e. The number of ether oxygens (including phenoxy) is 1. The van der Waals surface area contributed by atoms with Gasteiger partial charge in [0.25, 0.3) is 0 Å². The number of phenolic OH excluding ortho intramolecular Hbond substituents is 1. The molecule has 2 aromatic carbocycles. The lowest BCUT2D eigenvalue weighted by atomic mass is 9.96. The van der Waals surface area contributed by atoms with E-state index in [9.17, 15) is 9.90 Å². The Morgan fingerprint density at radius 1 is 1.23 bits per heavy atom. The molecule has 0 aromatic heterocycles. The Morgan fingerprint density at radius 3 is 2.50 bits per heavy atom. The topological polar surface area (TPSA) is 72.5 Å². The highest BCUT2D eigenvalue weighted by Gasteiger charge is 2.14. The van der Waals surface area contributed by atoms with Crippen LogP contribution in [0.2, 0.25) is 0 Å². The molecule has 3 N–H and O–H groups in total. The summed E-state index contributed by atoms with van der Waals surface area (Å²) in [6.45, 7) is 2.06. The molecular weight excluding hydrogens is 278 g/mol. The fourth-order valence-electron chi connectivity index (χ4n) is 2.46. The van der Waals surface area contributed by atoms with Crippen LogP contribution in [0, 0.1) is 0 Å². The number of hydrogen-bond donors (Lipinski definition) is 2. The summed E-state index contributed by atoms with van der Waals surface area (Å²) in [5, 5.41) is 9.58. The molecule has 0 radical (unpaired) electrons. The number of methoxy groups -OCH3 is 1. The molecule has 22 heavy (non-hydrogen) atoms. The van der Waals surface area contributed by atoms with Crippen LogP contribution < -0.4 is 5.73 Å². The van der Waals surface area contributed by atoms with E-state index in [1.165, 1.54) is 7.11 Å². The molecular formula is C18H21NO3. The molecule has 4 heteroatoms. The average Bonchev–Trinajstić information content (AvgIpc) is 2.54. The van der Waals surface area contributed by atoms with E-state index in [0.29, 0.717) is 6.42 Å². The predicted octanol–water partition coefficient (Wildman–Crippen LogP) is 2.66. The zero-order valence-electron chi connectivity index (χ0n) is 12.9. The van der Waals surface area contributed by atoms with Crippen molar-refractivity contribution < 1.29 is 14.6 Å². The number of benzene rings is 2. The van der Waals surface area contributed by atoms with Gasteiger partial charge in [0.15, 0.2) is 0 Å². The van der Waals surface area contributed by atoms with Crippen molar-refractivity contribution in [1.29, 1.82) is 0 Å². The lowest BCUT2D eigenvalue weighted by Gasteiger charge is -2.11. The first-order valence-corrected chi connectivity index (χ1v) is 7.29. The van der Waals surface area contributed by atoms with Crippen LogP contribution >= 0.6 is 0 Å². The molecule has 4 nitrogen and oxygen atoms in total. The Kier molecular flexibility index (Phi) is 5.17. The van der Waals surface area contributed by atoms with Gasteiger partial charge in [-0.3, -0.25) is 4.79 Å². The molecule has 0 saturated carbocycles. The van der Waals surface area contributed by atoms with Crippen LogP contribution in [0.5, 0.6) is 5.75 Å². The smallest absolute Gasteiger partial charge is 0.322 e. The minimum atomic E-state index is -0.643. The highest BCUT2D eigenvalue weighted by Crippen LogP contribution is 2.27. The average molecular weight is 299 g/mol. The SMILES string of the molecule is CCc1cc(O)ccc1-c1ccc(C[C@H](N)C(=O)OC)cc1. The van der Waals surface area contributed by atoms with Gasteiger partial charge in [-0.2, -0.15) is 0 Å². The maximum absolute atomic E-state index is 11.3. The monoisotopic (exact) mass is 299 g/mol. The van der Waals surface area contributed by atoms with Crippen LogP contribution in [0.15, 0.2) is 42.5 Å². The van der Waals surface area contributed by atoms with Crippen molar-refractivity contribution in [3.8, 4) is 16.9 Å². The van der Waals surface area contributed by atoms with Gasteiger partial charge in [-0.15, -0.1) is 0 Å². The summed E-state index contributed by atoms with van der Waals surface area (Å²) in [5.41, 5.74) is 10.0. The fourth-order valence-corrected chi connectivity index (χ4v) is 2.46. The third-order valence-electron chi connectivity index (χ3n) is 3.69. The number of esters is 1. The zero-order valence-corrected chi connectivity index (χ0v) is 12.9. The van der Waals surface area contributed by atoms with Gasteiger partial charge in [-0.05, 0) is 47.2 Å². The first-order chi connectivity index (χ1) is 10.5. The Bertz CT molecular complexity index is 650. The van der Waals surface area contributed by atoms with Crippen molar-refractivity contribution in [1.82, 2.24) is 0 Å². The molecule has 0 saturated heterocycles. The number of phenols is 1. The zero-order chi connectivity index (χ0) is 16.1. The van der Waals surface area contributed by atoms with Crippen molar-refractivity contribution in [3.63, 3.8) is 0 Å². The van der Waals surface area contributed by atoms with Gasteiger partial charge in [0.05, 0.1) is 7.11 Å². The number of carbonyl (C=O) groups excluding carboxylic acids is 1. The Labute approximate surface area is 130 Å². The first-order valence-electron chi connectivity index (χ1n) is 7.29. The van der Waals surface area contributed by atoms with E-state index < -0.39 is 12.0 Å². The van der Waals surface area contributed by atoms with Crippen molar-refractivity contribution in [2.45, 2.75) is 25.8 Å². The molecule has 2 rings (SSSR count). The third-order valence-corrected chi connectivity index (χ3v) is 3.69. The molecule has 116 valence electrons. The summed E-state index contributed by atoms with van der Waals surface area (Å²) < 4.78 is 4.63. The van der Waals surface area contributed by atoms with E-state index in [2.05, 4.69) is 11.7 Å². The van der Waals surface area contributed by atoms with Crippen molar-refractivity contribution in [3.05, 3.63) is 53.6 Å². The summed E-state index contributed by atoms with van der Waals surface area (Å²) in [7, 11) is 1.34. The Balaban J connectivity index is 2.20. The molecule has 0 aliphatic rings. The number of hydrogen-bond acceptors (Lipinski definition) is 4. The van der Waals surface area contributed by atoms with Crippen LogP contribution in [0.3, 0.4) is 0 Å². The first kappa shape index (κ1) is 16.0. The van der Waals surface area contributed by atoms with Crippen LogP contribution in [-0.4, -0.2) is 24.2 Å². The van der Waals surface area contributed by atoms with E-state index >= 15 is 0 Å². The van der Waals surface area contributed by atoms with E-state index in [1.54, 1.807) is 12.1 Å². The molecule has 0 spiro atoms. The second-order valence-corrected chi connectivity index (χ2v) is 5.23. The lowest BCUT2D eigenvalue weighted by molar-refractivity contribution is -0.142. The maximum Gasteiger partial charge on any atom is 0.322 e. The predicted molar refractivity (Wildman–Crippen MR) is 86.6 cm³/mol. The van der Waals surface area contributed by atoms with E-state index in [-0.39, 0.29) is 5.75 Å². The van der Waals surface area contributed by atoms with E-state index in [0.717, 1.165) is 28.7 Å². The molecule has 0 aliphatic heterocycles. The molecule has 2 aromatic rings. The molecule has 0 heterocycles. The molecule has 0 amide bonds. The third kappa shape index (κ3) is 3.65.